The zero-order valence-electron chi connectivity index (χ0n) is 8.27. The molecule has 0 radical (unpaired) electrons. The maximum absolute atomic E-state index is 11.6. The van der Waals surface area contributed by atoms with Crippen LogP contribution in [0.2, 0.25) is 0 Å². The number of nitrogens with zero attached hydrogens (tertiary/aromatic N) is 1. The maximum atomic E-state index is 11.6. The third-order valence-corrected chi connectivity index (χ3v) is 2.56. The molecular formula is C12H7NO3. The molecule has 0 aliphatic carbocycles. The standard InChI is InChI=1S/C12H7NO3/c14-10-6-5-9-7-3-1-2-4-8(7)11(15)13-12(9)16-10/h1-5H,6H2. The van der Waals surface area contributed by atoms with E-state index in [-0.39, 0.29) is 24.2 Å². The van der Waals surface area contributed by atoms with Crippen molar-refractivity contribution in [2.75, 3.05) is 0 Å². The third-order valence-electron chi connectivity index (χ3n) is 2.56. The Hall–Kier alpha value is -2.23. The van der Waals surface area contributed by atoms with Crippen LogP contribution in [0.3, 0.4) is 0 Å². The molecule has 0 saturated carbocycles. The Bertz CT molecular complexity index is 569. The minimum absolute atomic E-state index is 0.125. The molecule has 78 valence electrons. The van der Waals surface area contributed by atoms with Crippen LogP contribution in [0.4, 0.5) is 0 Å². The van der Waals surface area contributed by atoms with Gasteiger partial charge >= 0.3 is 5.97 Å². The summed E-state index contributed by atoms with van der Waals surface area (Å²) in [4.78, 5) is 26.5. The number of aliphatic imine (C=N–C) groups is 1. The van der Waals surface area contributed by atoms with Gasteiger partial charge in [0.15, 0.2) is 0 Å². The summed E-state index contributed by atoms with van der Waals surface area (Å²) in [5.74, 6) is -0.618. The largest absolute Gasteiger partial charge is 0.406 e. The van der Waals surface area contributed by atoms with Crippen molar-refractivity contribution in [1.82, 2.24) is 0 Å². The van der Waals surface area contributed by atoms with Gasteiger partial charge in [-0.25, -0.2) is 0 Å². The fourth-order valence-electron chi connectivity index (χ4n) is 1.84. The molecule has 1 amide bonds. The first-order valence-corrected chi connectivity index (χ1v) is 4.89. The van der Waals surface area contributed by atoms with Crippen LogP contribution in [0.5, 0.6) is 0 Å². The monoisotopic (exact) mass is 213 g/mol. The summed E-state index contributed by atoms with van der Waals surface area (Å²) < 4.78 is 4.94. The van der Waals surface area contributed by atoms with Crippen molar-refractivity contribution in [1.29, 1.82) is 0 Å². The van der Waals surface area contributed by atoms with Gasteiger partial charge in [-0.2, -0.15) is 4.99 Å². The van der Waals surface area contributed by atoms with Gasteiger partial charge in [-0.05, 0) is 11.6 Å². The van der Waals surface area contributed by atoms with E-state index in [1.54, 1.807) is 18.2 Å². The van der Waals surface area contributed by atoms with Crippen LogP contribution in [0.1, 0.15) is 22.3 Å². The van der Waals surface area contributed by atoms with Crippen LogP contribution in [0, 0.1) is 0 Å². The normalized spacial score (nSPS) is 18.0. The number of rotatable bonds is 0. The maximum Gasteiger partial charge on any atom is 0.316 e. The Morgan fingerprint density at radius 2 is 1.88 bits per heavy atom. The van der Waals surface area contributed by atoms with E-state index < -0.39 is 0 Å². The van der Waals surface area contributed by atoms with E-state index >= 15 is 0 Å². The summed E-state index contributed by atoms with van der Waals surface area (Å²) >= 11 is 0. The molecule has 0 aromatic heterocycles. The number of amides is 1. The van der Waals surface area contributed by atoms with Crippen LogP contribution in [-0.4, -0.2) is 17.8 Å². The van der Waals surface area contributed by atoms with Gasteiger partial charge in [0.1, 0.15) is 0 Å². The number of hydrogen-bond acceptors (Lipinski definition) is 3. The second kappa shape index (κ2) is 3.13. The Morgan fingerprint density at radius 3 is 2.69 bits per heavy atom. The lowest BCUT2D eigenvalue weighted by Crippen LogP contribution is -2.24. The van der Waals surface area contributed by atoms with E-state index in [4.69, 9.17) is 4.74 Å². The lowest BCUT2D eigenvalue weighted by atomic mass is 9.95. The molecule has 0 atom stereocenters. The van der Waals surface area contributed by atoms with E-state index in [0.29, 0.717) is 5.56 Å². The van der Waals surface area contributed by atoms with Crippen molar-refractivity contribution < 1.29 is 14.3 Å². The van der Waals surface area contributed by atoms with E-state index in [1.165, 1.54) is 0 Å². The Kier molecular flexibility index (Phi) is 1.77. The molecule has 0 saturated heterocycles. The lowest BCUT2D eigenvalue weighted by molar-refractivity contribution is -0.134. The molecule has 1 aromatic rings. The molecule has 0 unspecified atom stereocenters. The summed E-state index contributed by atoms with van der Waals surface area (Å²) in [7, 11) is 0. The SMILES string of the molecule is O=C1CC=C2C(=NC(=O)c3ccccc32)O1. The fourth-order valence-corrected chi connectivity index (χ4v) is 1.84. The molecule has 16 heavy (non-hydrogen) atoms. The Labute approximate surface area is 91.3 Å². The van der Waals surface area contributed by atoms with Gasteiger partial charge in [-0.1, -0.05) is 24.3 Å². The van der Waals surface area contributed by atoms with Crippen LogP contribution in [0.15, 0.2) is 35.3 Å². The van der Waals surface area contributed by atoms with Crippen molar-refractivity contribution >= 4 is 23.3 Å². The predicted molar refractivity (Wildman–Crippen MR) is 56.9 cm³/mol. The van der Waals surface area contributed by atoms with Crippen molar-refractivity contribution in [2.24, 2.45) is 4.99 Å². The van der Waals surface area contributed by atoms with Gasteiger partial charge in [-0.3, -0.25) is 9.59 Å². The van der Waals surface area contributed by atoms with Crippen LogP contribution >= 0.6 is 0 Å². The highest BCUT2D eigenvalue weighted by molar-refractivity contribution is 6.31. The summed E-state index contributed by atoms with van der Waals surface area (Å²) in [6, 6.07) is 7.17. The average Bonchev–Trinajstić information content (AvgIpc) is 2.29. The number of ether oxygens (including phenoxy) is 1. The summed E-state index contributed by atoms with van der Waals surface area (Å²) in [5, 5.41) is 0. The predicted octanol–water partition coefficient (Wildman–Crippen LogP) is 1.57. The first-order chi connectivity index (χ1) is 7.75. The molecule has 2 aliphatic heterocycles. The Morgan fingerprint density at radius 1 is 1.12 bits per heavy atom. The van der Waals surface area contributed by atoms with Gasteiger partial charge in [0.25, 0.3) is 5.91 Å². The quantitative estimate of drug-likeness (QED) is 0.614. The number of fused-ring (bicyclic) bond motifs is 3. The summed E-state index contributed by atoms with van der Waals surface area (Å²) in [6.45, 7) is 0. The van der Waals surface area contributed by atoms with Gasteiger partial charge in [-0.15, -0.1) is 0 Å². The second-order valence-electron chi connectivity index (χ2n) is 3.56. The molecule has 4 heteroatoms. The smallest absolute Gasteiger partial charge is 0.316 e. The Balaban J connectivity index is 2.23. The molecule has 1 aromatic carbocycles. The number of benzene rings is 1. The van der Waals surface area contributed by atoms with E-state index in [1.807, 2.05) is 12.1 Å². The van der Waals surface area contributed by atoms with Crippen molar-refractivity contribution in [3.05, 3.63) is 41.5 Å². The molecule has 0 fully saturated rings. The zero-order valence-corrected chi connectivity index (χ0v) is 8.27. The molecule has 4 nitrogen and oxygen atoms in total. The highest BCUT2D eigenvalue weighted by Crippen LogP contribution is 2.29. The number of esters is 1. The van der Waals surface area contributed by atoms with Gasteiger partial charge in [0, 0.05) is 11.1 Å². The average molecular weight is 213 g/mol. The molecule has 0 spiro atoms. The number of carbonyl (C=O) groups is 2. The van der Waals surface area contributed by atoms with Crippen LogP contribution in [0.25, 0.3) is 5.57 Å². The molecular weight excluding hydrogens is 206 g/mol. The number of carbonyl (C=O) groups excluding carboxylic acids is 2. The van der Waals surface area contributed by atoms with Crippen molar-refractivity contribution in [2.45, 2.75) is 6.42 Å². The lowest BCUT2D eigenvalue weighted by Gasteiger charge is -2.20. The van der Waals surface area contributed by atoms with Crippen molar-refractivity contribution in [3.8, 4) is 0 Å². The highest BCUT2D eigenvalue weighted by Gasteiger charge is 2.28. The topological polar surface area (TPSA) is 55.7 Å². The minimum atomic E-state index is -0.380. The van der Waals surface area contributed by atoms with Gasteiger partial charge in [0.05, 0.1) is 6.42 Å². The van der Waals surface area contributed by atoms with Crippen molar-refractivity contribution in [3.63, 3.8) is 0 Å². The summed E-state index contributed by atoms with van der Waals surface area (Å²) in [5.41, 5.74) is 2.07. The second-order valence-corrected chi connectivity index (χ2v) is 3.56. The summed E-state index contributed by atoms with van der Waals surface area (Å²) in [6.07, 6.45) is 1.97. The molecule has 0 bridgehead atoms. The third kappa shape index (κ3) is 1.20. The minimum Gasteiger partial charge on any atom is -0.406 e. The van der Waals surface area contributed by atoms with E-state index in [2.05, 4.69) is 4.99 Å². The van der Waals surface area contributed by atoms with Gasteiger partial charge in [0.2, 0.25) is 5.90 Å². The first-order valence-electron chi connectivity index (χ1n) is 4.89. The van der Waals surface area contributed by atoms with Gasteiger partial charge < -0.3 is 4.74 Å². The zero-order chi connectivity index (χ0) is 11.1. The first kappa shape index (κ1) is 9.03. The molecule has 3 rings (SSSR count). The van der Waals surface area contributed by atoms with Crippen LogP contribution in [-0.2, 0) is 9.53 Å². The molecule has 0 N–H and O–H groups in total. The molecule has 2 heterocycles. The van der Waals surface area contributed by atoms with Crippen LogP contribution < -0.4 is 0 Å². The molecule has 2 aliphatic rings. The van der Waals surface area contributed by atoms with E-state index in [0.717, 1.165) is 11.1 Å². The van der Waals surface area contributed by atoms with E-state index in [9.17, 15) is 9.59 Å². The number of hydrogen-bond donors (Lipinski definition) is 0. The fraction of sp³-hybridized carbons (Fsp3) is 0.0833. The highest BCUT2D eigenvalue weighted by atomic mass is 16.5.